The molecule has 34 heteroatoms. The molecule has 6 heterocycles. The van der Waals surface area contributed by atoms with Gasteiger partial charge >= 0.3 is 11.9 Å². The van der Waals surface area contributed by atoms with Crippen LogP contribution in [0, 0.1) is 0 Å². The van der Waals surface area contributed by atoms with Gasteiger partial charge in [0.25, 0.3) is 0 Å². The number of methoxy groups -OCH3 is 2. The van der Waals surface area contributed by atoms with Gasteiger partial charge in [-0.3, -0.25) is 14.5 Å². The minimum absolute atomic E-state index is 0.0203. The number of aliphatic hydroxyl groups is 12. The Bertz CT molecular complexity index is 1900. The molecule has 6 rings (SSSR count). The van der Waals surface area contributed by atoms with Crippen LogP contribution in [0.4, 0.5) is 0 Å². The summed E-state index contributed by atoms with van der Waals surface area (Å²) in [5.41, 5.74) is 0.431. The summed E-state index contributed by atoms with van der Waals surface area (Å²) >= 11 is 5.27. The van der Waals surface area contributed by atoms with Gasteiger partial charge in [0.1, 0.15) is 130 Å². The monoisotopic (exact) mass is 1320 g/mol. The fourth-order valence-corrected chi connectivity index (χ4v) is 8.74. The molecule has 32 nitrogen and oxygen atoms in total. The first-order valence-electron chi connectivity index (χ1n) is 29.1. The van der Waals surface area contributed by atoms with Crippen molar-refractivity contribution in [1.82, 2.24) is 4.90 Å². The first-order chi connectivity index (χ1) is 41.9. The third-order valence-electron chi connectivity index (χ3n) is 13.1. The first-order valence-corrected chi connectivity index (χ1v) is 29.6. The number of alkyl halides is 1. The van der Waals surface area contributed by atoms with Crippen LogP contribution in [-0.2, 0) is 85.4 Å². The molecule has 0 amide bonds. The average Bonchev–Trinajstić information content (AvgIpc) is 1.70. The van der Waals surface area contributed by atoms with Crippen molar-refractivity contribution in [3.05, 3.63) is 12.2 Å². The SMILES string of the molecule is C=C(C)C(=O)OCC1CO1.CCOC(=O)CN(C)C.CCO[C@H]1OC(CO[C@H]2OC(COC)[C@@H](O)[C@@H](O)C2O)[C@@H](O)[C@@H](O)C1O.CCO[C@H]1OC(CO[C@H]2OC(COC)[C@@H](O)[C@@H](O)C2O)[C@@H](O)[C@@H](O)C1OCC(O)C[N+](C)(C)CC(C)=O.ClCC1CO1.[B]C. The lowest BCUT2D eigenvalue weighted by molar-refractivity contribution is -0.885. The maximum Gasteiger partial charge on any atom is 0.333 e. The Morgan fingerprint density at radius 1 is 0.573 bits per heavy atom. The Morgan fingerprint density at radius 3 is 1.31 bits per heavy atom. The molecular formula is C55H103BClN2O30+. The van der Waals surface area contributed by atoms with Crippen molar-refractivity contribution in [3.63, 3.8) is 0 Å². The van der Waals surface area contributed by atoms with Crippen molar-refractivity contribution in [1.29, 1.82) is 0 Å². The molecule has 0 aromatic heterocycles. The quantitative estimate of drug-likeness (QED) is 0.00867. The number of hydrogen-bond donors (Lipinski definition) is 12. The number of hydrogen-bond acceptors (Lipinski definition) is 31. The highest BCUT2D eigenvalue weighted by molar-refractivity contribution is 6.18. The van der Waals surface area contributed by atoms with E-state index in [0.29, 0.717) is 43.9 Å². The zero-order valence-electron chi connectivity index (χ0n) is 53.2. The summed E-state index contributed by atoms with van der Waals surface area (Å²) in [5.74, 6) is 0.145. The zero-order chi connectivity index (χ0) is 67.9. The Labute approximate surface area is 527 Å². The van der Waals surface area contributed by atoms with Gasteiger partial charge in [-0.25, -0.2) is 4.79 Å². The zero-order valence-corrected chi connectivity index (χ0v) is 53.9. The number of quaternary nitrogens is 1. The van der Waals surface area contributed by atoms with Gasteiger partial charge in [0.05, 0.1) is 93.3 Å². The second kappa shape index (κ2) is 44.3. The van der Waals surface area contributed by atoms with Crippen LogP contribution < -0.4 is 0 Å². The van der Waals surface area contributed by atoms with E-state index in [1.165, 1.54) is 28.0 Å². The van der Waals surface area contributed by atoms with E-state index in [1.54, 1.807) is 46.7 Å². The molecule has 6 aliphatic heterocycles. The summed E-state index contributed by atoms with van der Waals surface area (Å²) in [6.45, 7) is 15.9. The van der Waals surface area contributed by atoms with Gasteiger partial charge in [-0.05, 0) is 41.8 Å². The highest BCUT2D eigenvalue weighted by Crippen LogP contribution is 2.29. The molecule has 0 spiro atoms. The van der Waals surface area contributed by atoms with Crippen molar-refractivity contribution in [2.24, 2.45) is 0 Å². The summed E-state index contributed by atoms with van der Waals surface area (Å²) in [6, 6.07) is 0. The van der Waals surface area contributed by atoms with E-state index < -0.39 is 129 Å². The number of Topliss-reactive ketones (excluding diaryl/α,β-unsaturated/α-hetero) is 1. The smallest absolute Gasteiger partial charge is 0.333 e. The third-order valence-corrected chi connectivity index (χ3v) is 13.5. The van der Waals surface area contributed by atoms with Crippen LogP contribution in [0.3, 0.4) is 0 Å². The van der Waals surface area contributed by atoms with Crippen LogP contribution in [0.1, 0.15) is 34.6 Å². The van der Waals surface area contributed by atoms with Crippen LogP contribution in [0.15, 0.2) is 12.2 Å². The molecule has 11 unspecified atom stereocenters. The van der Waals surface area contributed by atoms with Crippen LogP contribution in [-0.4, -0.2) is 378 Å². The number of carbonyl (C=O) groups excluding carboxylic acids is 3. The lowest BCUT2D eigenvalue weighted by Gasteiger charge is -2.44. The number of likely N-dealkylation sites (N-methyl/N-ethyl adjacent to an activating group) is 2. The standard InChI is InChI=1S/C23H44NO13.C15H28O11.C7H10O3.C6H13NO2.C3H5ClO.CH3B/c1-6-33-23-21(34-9-13(26)8-24(3,4)7-12(2)25)19(30)17(28)15(37-23)11-35-22-20(31)18(29)16(27)14(36-22)10-32-5;1-3-23-14-12(20)11(19)9(17)7(26-14)5-24-15-13(21)10(18)8(16)6(25-15)4-22-2;1-5(2)7(8)10-4-6-3-9-6;1-4-9-6(8)5-7(2)3;4-1-3-2-5-3;1-2/h13-23,26-31H,6-11H2,1-5H3;6-21H,3-5H2,1-2H3;6H,1,3-4H2,2H3;4-5H2,1-3H3;3H,1-2H2;1H3/q+1;;;;;/t13?,14?,15?,16-,17-,18-,19-,20?,21?,22+,23+;6?,7?,8-,9-,10-,11-,12?,13?,14+,15+;;;;/m11..../s1. The Hall–Kier alpha value is -2.38. The first kappa shape index (κ1) is 84.6. The van der Waals surface area contributed by atoms with Gasteiger partial charge in [-0.2, -0.15) is 0 Å². The lowest BCUT2D eigenvalue weighted by Crippen LogP contribution is -2.62. The largest absolute Gasteiger partial charge is 0.465 e. The molecule has 6 aliphatic rings. The molecule has 12 N–H and O–H groups in total. The van der Waals surface area contributed by atoms with Gasteiger partial charge in [0.15, 0.2) is 30.9 Å². The number of epoxide rings is 2. The molecule has 0 bridgehead atoms. The Kier molecular flexibility index (Phi) is 42.1. The molecule has 2 radical (unpaired) electrons. The summed E-state index contributed by atoms with van der Waals surface area (Å²) in [5, 5.41) is 122. The third kappa shape index (κ3) is 31.2. The molecule has 522 valence electrons. The molecule has 23 atom stereocenters. The highest BCUT2D eigenvalue weighted by atomic mass is 35.5. The number of ether oxygens (including phenoxy) is 15. The second-order valence-corrected chi connectivity index (χ2v) is 22.3. The van der Waals surface area contributed by atoms with E-state index in [0.717, 1.165) is 6.61 Å². The van der Waals surface area contributed by atoms with Crippen molar-refractivity contribution < 1.29 is 151 Å². The molecule has 89 heavy (non-hydrogen) atoms. The number of esters is 2. The van der Waals surface area contributed by atoms with Gasteiger partial charge in [-0.1, -0.05) is 13.4 Å². The summed E-state index contributed by atoms with van der Waals surface area (Å²) in [4.78, 5) is 34.5. The minimum Gasteiger partial charge on any atom is -0.465 e. The van der Waals surface area contributed by atoms with E-state index in [9.17, 15) is 75.7 Å². The van der Waals surface area contributed by atoms with Crippen LogP contribution in [0.5, 0.6) is 0 Å². The molecule has 0 aromatic rings. The van der Waals surface area contributed by atoms with Gasteiger partial charge in [0, 0.05) is 39.9 Å². The predicted molar refractivity (Wildman–Crippen MR) is 311 cm³/mol. The molecule has 6 saturated heterocycles. The molecule has 0 aromatic carbocycles. The summed E-state index contributed by atoms with van der Waals surface area (Å²) < 4.78 is 78.4. The highest BCUT2D eigenvalue weighted by Gasteiger charge is 2.50. The van der Waals surface area contributed by atoms with Crippen LogP contribution >= 0.6 is 11.6 Å². The lowest BCUT2D eigenvalue weighted by atomic mass is 9.98. The fourth-order valence-electron chi connectivity index (χ4n) is 8.56. The van der Waals surface area contributed by atoms with Crippen molar-refractivity contribution >= 4 is 37.2 Å². The summed E-state index contributed by atoms with van der Waals surface area (Å²) in [6.07, 6.45) is -26.9. The molecule has 6 fully saturated rings. The van der Waals surface area contributed by atoms with Crippen LogP contribution in [0.25, 0.3) is 0 Å². The van der Waals surface area contributed by atoms with Gasteiger partial charge in [-0.15, -0.1) is 11.6 Å². The number of halogens is 1. The molecule has 0 aliphatic carbocycles. The van der Waals surface area contributed by atoms with Gasteiger partial charge in [0.2, 0.25) is 0 Å². The van der Waals surface area contributed by atoms with E-state index >= 15 is 0 Å². The summed E-state index contributed by atoms with van der Waals surface area (Å²) in [7, 11) is 14.5. The average molecular weight is 1320 g/mol. The van der Waals surface area contributed by atoms with Crippen molar-refractivity contribution in [3.8, 4) is 0 Å². The fraction of sp³-hybridized carbons (Fsp3) is 0.909. The van der Waals surface area contributed by atoms with E-state index in [4.69, 9.17) is 77.9 Å². The van der Waals surface area contributed by atoms with Crippen LogP contribution in [0.2, 0.25) is 6.82 Å². The molecular weight excluding hydrogens is 1210 g/mol. The van der Waals surface area contributed by atoms with E-state index in [-0.39, 0.29) is 87.6 Å². The Morgan fingerprint density at radius 2 is 0.966 bits per heavy atom. The topological polar surface area (TPSA) is 442 Å². The Balaban J connectivity index is 0.000000648. The predicted octanol–water partition coefficient (Wildman–Crippen LogP) is -5.90. The minimum atomic E-state index is -1.58. The maximum atomic E-state index is 11.4. The van der Waals surface area contributed by atoms with E-state index in [2.05, 4.69) is 19.2 Å². The van der Waals surface area contributed by atoms with Crippen molar-refractivity contribution in [2.75, 3.05) is 141 Å². The maximum absolute atomic E-state index is 11.4. The van der Waals surface area contributed by atoms with Gasteiger partial charge < -0.3 is 137 Å². The number of ketones is 1. The normalized spacial score (nSPS) is 34.9. The number of carbonyl (C=O) groups is 3. The van der Waals surface area contributed by atoms with Crippen molar-refractivity contribution in [2.45, 2.75) is 183 Å². The number of rotatable bonds is 28. The van der Waals surface area contributed by atoms with E-state index in [1.807, 2.05) is 14.1 Å². The number of nitrogens with zero attached hydrogens (tertiary/aromatic N) is 2. The number of aliphatic hydroxyl groups excluding tert-OH is 12. The second-order valence-electron chi connectivity index (χ2n) is 22.0. The molecule has 0 saturated carbocycles.